The fourth-order valence-electron chi connectivity index (χ4n) is 3.18. The molecule has 1 aromatic carbocycles. The van der Waals surface area contributed by atoms with Crippen molar-refractivity contribution in [1.82, 2.24) is 5.32 Å². The Hall–Kier alpha value is -2.24. The second-order valence-electron chi connectivity index (χ2n) is 6.72. The maximum absolute atomic E-state index is 12.4. The summed E-state index contributed by atoms with van der Waals surface area (Å²) < 4.78 is 16.0. The van der Waals surface area contributed by atoms with Gasteiger partial charge in [-0.3, -0.25) is 4.79 Å². The Morgan fingerprint density at radius 3 is 2.62 bits per heavy atom. The summed E-state index contributed by atoms with van der Waals surface area (Å²) in [5.74, 6) is 0.646. The SMILES string of the molecule is CCOc1cc(C(=O)O[C@@H](C)C(=O)N[C@H]2CCCC[C@@H]2C)ccc1OC. The first kappa shape index (κ1) is 20.1. The van der Waals surface area contributed by atoms with E-state index in [4.69, 9.17) is 14.2 Å². The fourth-order valence-corrected chi connectivity index (χ4v) is 3.18. The van der Waals surface area contributed by atoms with Gasteiger partial charge in [0.15, 0.2) is 17.6 Å². The molecule has 6 nitrogen and oxygen atoms in total. The molecule has 2 rings (SSSR count). The molecule has 1 saturated carbocycles. The molecule has 1 fully saturated rings. The molecule has 1 amide bonds. The Morgan fingerprint density at radius 2 is 1.96 bits per heavy atom. The van der Waals surface area contributed by atoms with Crippen LogP contribution < -0.4 is 14.8 Å². The van der Waals surface area contributed by atoms with Gasteiger partial charge in [-0.2, -0.15) is 0 Å². The van der Waals surface area contributed by atoms with Gasteiger partial charge in [0, 0.05) is 6.04 Å². The zero-order valence-corrected chi connectivity index (χ0v) is 16.0. The van der Waals surface area contributed by atoms with Gasteiger partial charge >= 0.3 is 5.97 Å². The predicted molar refractivity (Wildman–Crippen MR) is 98.6 cm³/mol. The molecule has 0 saturated heterocycles. The quantitative estimate of drug-likeness (QED) is 0.752. The van der Waals surface area contributed by atoms with Crippen molar-refractivity contribution in [3.05, 3.63) is 23.8 Å². The number of ether oxygens (including phenoxy) is 3. The molecule has 1 aliphatic carbocycles. The van der Waals surface area contributed by atoms with E-state index >= 15 is 0 Å². The molecule has 144 valence electrons. The summed E-state index contributed by atoms with van der Waals surface area (Å²) >= 11 is 0. The van der Waals surface area contributed by atoms with Crippen molar-refractivity contribution in [2.45, 2.75) is 58.6 Å². The van der Waals surface area contributed by atoms with Crippen molar-refractivity contribution in [3.63, 3.8) is 0 Å². The van der Waals surface area contributed by atoms with Crippen LogP contribution in [0, 0.1) is 5.92 Å². The van der Waals surface area contributed by atoms with E-state index in [1.54, 1.807) is 25.1 Å². The Kier molecular flexibility index (Phi) is 7.30. The maximum Gasteiger partial charge on any atom is 0.339 e. The van der Waals surface area contributed by atoms with E-state index in [0.717, 1.165) is 19.3 Å². The Bertz CT molecular complexity index is 631. The molecular formula is C20H29NO5. The molecule has 1 aromatic rings. The summed E-state index contributed by atoms with van der Waals surface area (Å²) in [5.41, 5.74) is 0.319. The van der Waals surface area contributed by atoms with Gasteiger partial charge in [-0.1, -0.05) is 19.8 Å². The van der Waals surface area contributed by atoms with Crippen molar-refractivity contribution < 1.29 is 23.8 Å². The molecule has 1 aliphatic rings. The molecular weight excluding hydrogens is 334 g/mol. The fraction of sp³-hybridized carbons (Fsp3) is 0.600. The molecule has 1 N–H and O–H groups in total. The Balaban J connectivity index is 1.97. The third-order valence-corrected chi connectivity index (χ3v) is 4.79. The van der Waals surface area contributed by atoms with Crippen molar-refractivity contribution >= 4 is 11.9 Å². The van der Waals surface area contributed by atoms with Gasteiger partial charge in [-0.05, 0) is 50.8 Å². The number of nitrogens with one attached hydrogen (secondary N) is 1. The number of hydrogen-bond donors (Lipinski definition) is 1. The van der Waals surface area contributed by atoms with Crippen LogP contribution in [0.5, 0.6) is 11.5 Å². The number of hydrogen-bond acceptors (Lipinski definition) is 5. The third-order valence-electron chi connectivity index (χ3n) is 4.79. The summed E-state index contributed by atoms with van der Waals surface area (Å²) in [6, 6.07) is 4.97. The summed E-state index contributed by atoms with van der Waals surface area (Å²) in [6.07, 6.45) is 3.57. The summed E-state index contributed by atoms with van der Waals surface area (Å²) in [5, 5.41) is 3.01. The molecule has 0 unspecified atom stereocenters. The summed E-state index contributed by atoms with van der Waals surface area (Å²) in [6.45, 7) is 6.04. The van der Waals surface area contributed by atoms with Crippen molar-refractivity contribution in [2.24, 2.45) is 5.92 Å². The molecule has 6 heteroatoms. The topological polar surface area (TPSA) is 73.9 Å². The van der Waals surface area contributed by atoms with Gasteiger partial charge in [-0.15, -0.1) is 0 Å². The van der Waals surface area contributed by atoms with Crippen LogP contribution in [0.1, 0.15) is 56.8 Å². The molecule has 0 bridgehead atoms. The van der Waals surface area contributed by atoms with Crippen LogP contribution in [0.3, 0.4) is 0 Å². The zero-order valence-electron chi connectivity index (χ0n) is 16.0. The van der Waals surface area contributed by atoms with Gasteiger partial charge in [0.1, 0.15) is 0 Å². The molecule has 3 atom stereocenters. The highest BCUT2D eigenvalue weighted by Gasteiger charge is 2.26. The van der Waals surface area contributed by atoms with Crippen molar-refractivity contribution in [3.8, 4) is 11.5 Å². The summed E-state index contributed by atoms with van der Waals surface area (Å²) in [7, 11) is 1.54. The Labute approximate surface area is 155 Å². The molecule has 0 aromatic heterocycles. The van der Waals surface area contributed by atoms with Gasteiger partial charge in [0.05, 0.1) is 19.3 Å². The maximum atomic E-state index is 12.4. The standard InChI is InChI=1S/C20H29NO5/c1-5-25-18-12-15(10-11-17(18)24-4)20(23)26-14(3)19(22)21-16-9-7-6-8-13(16)2/h10-14,16H,5-9H2,1-4H3,(H,21,22)/t13-,14-,16-/m0/s1. The highest BCUT2D eigenvalue weighted by molar-refractivity contribution is 5.92. The van der Waals surface area contributed by atoms with Crippen LogP contribution in [-0.2, 0) is 9.53 Å². The van der Waals surface area contributed by atoms with E-state index in [9.17, 15) is 9.59 Å². The molecule has 0 spiro atoms. The zero-order chi connectivity index (χ0) is 19.1. The number of carbonyl (C=O) groups is 2. The van der Waals surface area contributed by atoms with E-state index in [1.807, 2.05) is 6.92 Å². The van der Waals surface area contributed by atoms with Gasteiger partial charge in [-0.25, -0.2) is 4.79 Å². The highest BCUT2D eigenvalue weighted by atomic mass is 16.5. The first-order chi connectivity index (χ1) is 12.5. The average molecular weight is 363 g/mol. The molecule has 0 heterocycles. The smallest absolute Gasteiger partial charge is 0.339 e. The second kappa shape index (κ2) is 9.46. The van der Waals surface area contributed by atoms with E-state index in [-0.39, 0.29) is 11.9 Å². The normalized spacial score (nSPS) is 20.8. The van der Waals surface area contributed by atoms with E-state index < -0.39 is 12.1 Å². The van der Waals surface area contributed by atoms with E-state index in [0.29, 0.717) is 29.6 Å². The minimum Gasteiger partial charge on any atom is -0.493 e. The number of rotatable bonds is 7. The van der Waals surface area contributed by atoms with E-state index in [2.05, 4.69) is 12.2 Å². The van der Waals surface area contributed by atoms with Crippen LogP contribution in [0.15, 0.2) is 18.2 Å². The number of esters is 1. The molecule has 0 aliphatic heterocycles. The number of amides is 1. The predicted octanol–water partition coefficient (Wildman–Crippen LogP) is 3.33. The van der Waals surface area contributed by atoms with Gasteiger partial charge in [0.25, 0.3) is 5.91 Å². The number of benzene rings is 1. The number of carbonyl (C=O) groups excluding carboxylic acids is 2. The first-order valence-electron chi connectivity index (χ1n) is 9.28. The lowest BCUT2D eigenvalue weighted by Gasteiger charge is -2.30. The lowest BCUT2D eigenvalue weighted by molar-refractivity contribution is -0.130. The van der Waals surface area contributed by atoms with Crippen LogP contribution in [0.25, 0.3) is 0 Å². The molecule has 0 radical (unpaired) electrons. The lowest BCUT2D eigenvalue weighted by Crippen LogP contribution is -2.45. The van der Waals surface area contributed by atoms with Crippen molar-refractivity contribution in [1.29, 1.82) is 0 Å². The van der Waals surface area contributed by atoms with Gasteiger partial charge < -0.3 is 19.5 Å². The Morgan fingerprint density at radius 1 is 1.23 bits per heavy atom. The van der Waals surface area contributed by atoms with Crippen molar-refractivity contribution in [2.75, 3.05) is 13.7 Å². The van der Waals surface area contributed by atoms with Crippen LogP contribution in [-0.4, -0.2) is 37.7 Å². The highest BCUT2D eigenvalue weighted by Crippen LogP contribution is 2.28. The van der Waals surface area contributed by atoms with Crippen LogP contribution in [0.2, 0.25) is 0 Å². The summed E-state index contributed by atoms with van der Waals surface area (Å²) in [4.78, 5) is 24.7. The van der Waals surface area contributed by atoms with Gasteiger partial charge in [0.2, 0.25) is 0 Å². The van der Waals surface area contributed by atoms with E-state index in [1.165, 1.54) is 13.5 Å². The average Bonchev–Trinajstić information content (AvgIpc) is 2.63. The first-order valence-corrected chi connectivity index (χ1v) is 9.28. The minimum absolute atomic E-state index is 0.156. The minimum atomic E-state index is -0.853. The second-order valence-corrected chi connectivity index (χ2v) is 6.72. The largest absolute Gasteiger partial charge is 0.493 e. The molecule has 26 heavy (non-hydrogen) atoms. The van der Waals surface area contributed by atoms with Crippen LogP contribution in [0.4, 0.5) is 0 Å². The monoisotopic (exact) mass is 363 g/mol. The lowest BCUT2D eigenvalue weighted by atomic mass is 9.86. The number of methoxy groups -OCH3 is 1. The third kappa shape index (κ3) is 5.13. The van der Waals surface area contributed by atoms with Crippen LogP contribution >= 0.6 is 0 Å².